The summed E-state index contributed by atoms with van der Waals surface area (Å²) in [6.45, 7) is 4.48. The molecule has 4 atom stereocenters. The highest BCUT2D eigenvalue weighted by Gasteiger charge is 2.31. The van der Waals surface area contributed by atoms with Crippen molar-refractivity contribution in [3.63, 3.8) is 0 Å². The number of nitrogens with two attached hydrogens (primary N) is 1. The van der Waals surface area contributed by atoms with Gasteiger partial charge in [-0.15, -0.1) is 0 Å². The molecule has 0 amide bonds. The van der Waals surface area contributed by atoms with Gasteiger partial charge in [-0.1, -0.05) is 31.5 Å². The molecule has 2 rings (SSSR count). The number of hydrogen-bond acceptors (Lipinski definition) is 4. The number of hydrogen-bond donors (Lipinski definition) is 2. The Morgan fingerprint density at radius 3 is 2.80 bits per heavy atom. The second kappa shape index (κ2) is 7.36. The van der Waals surface area contributed by atoms with Crippen LogP contribution in [-0.2, 0) is 6.42 Å². The molecule has 20 heavy (non-hydrogen) atoms. The maximum atomic E-state index is 13.9. The molecule has 0 aromatic heterocycles. The van der Waals surface area contributed by atoms with Crippen LogP contribution in [0.25, 0.3) is 0 Å². The lowest BCUT2D eigenvalue weighted by molar-refractivity contribution is 0.505. The van der Waals surface area contributed by atoms with Crippen LogP contribution in [0, 0.1) is 5.82 Å². The Labute approximate surface area is 133 Å². The van der Waals surface area contributed by atoms with Gasteiger partial charge in [0.25, 0.3) is 0 Å². The van der Waals surface area contributed by atoms with Crippen molar-refractivity contribution in [1.29, 1.82) is 0 Å². The fourth-order valence-electron chi connectivity index (χ4n) is 2.26. The monoisotopic (exact) mass is 334 g/mol. The molecular formula is C14H20ClFN2S2. The van der Waals surface area contributed by atoms with Crippen LogP contribution in [0.4, 0.5) is 4.39 Å². The molecule has 2 nitrogen and oxygen atoms in total. The zero-order chi connectivity index (χ0) is 14.7. The Morgan fingerprint density at radius 1 is 1.45 bits per heavy atom. The number of nitrogens with one attached hydrogen (secondary N) is 1. The van der Waals surface area contributed by atoms with E-state index in [4.69, 9.17) is 17.4 Å². The predicted molar refractivity (Wildman–Crippen MR) is 89.0 cm³/mol. The summed E-state index contributed by atoms with van der Waals surface area (Å²) in [7, 11) is 0. The number of rotatable bonds is 4. The van der Waals surface area contributed by atoms with Crippen LogP contribution in [0.2, 0.25) is 5.02 Å². The van der Waals surface area contributed by atoms with E-state index >= 15 is 0 Å². The van der Waals surface area contributed by atoms with Crippen LogP contribution in [0.15, 0.2) is 18.2 Å². The van der Waals surface area contributed by atoms with Crippen molar-refractivity contribution in [3.05, 3.63) is 34.6 Å². The Morgan fingerprint density at radius 2 is 2.20 bits per heavy atom. The molecule has 6 heteroatoms. The molecule has 0 saturated carbocycles. The van der Waals surface area contributed by atoms with Crippen molar-refractivity contribution >= 4 is 35.1 Å². The molecule has 4 unspecified atom stereocenters. The standard InChI is InChI=1S/C14H20ClFN2S2/c1-8-9(2)20-14(7-19-8)13(18-17)6-10-11(15)4-3-5-12(10)16/h3-5,8-9,13-14,18H,6-7,17H2,1-2H3. The van der Waals surface area contributed by atoms with Gasteiger partial charge >= 0.3 is 0 Å². The molecule has 1 fully saturated rings. The molecular weight excluding hydrogens is 315 g/mol. The summed E-state index contributed by atoms with van der Waals surface area (Å²) < 4.78 is 13.9. The smallest absolute Gasteiger partial charge is 0.127 e. The van der Waals surface area contributed by atoms with Gasteiger partial charge in [-0.3, -0.25) is 11.3 Å². The minimum Gasteiger partial charge on any atom is -0.271 e. The molecule has 0 aliphatic carbocycles. The first kappa shape index (κ1) is 16.4. The first-order chi connectivity index (χ1) is 9.52. The second-order valence-electron chi connectivity index (χ2n) is 5.10. The van der Waals surface area contributed by atoms with Gasteiger partial charge in [0, 0.05) is 38.1 Å². The molecule has 0 radical (unpaired) electrons. The van der Waals surface area contributed by atoms with E-state index in [1.807, 2.05) is 23.5 Å². The predicted octanol–water partition coefficient (Wildman–Crippen LogP) is 3.48. The topological polar surface area (TPSA) is 38.0 Å². The van der Waals surface area contributed by atoms with Crippen molar-refractivity contribution in [2.24, 2.45) is 5.84 Å². The molecule has 1 heterocycles. The minimum atomic E-state index is -0.257. The van der Waals surface area contributed by atoms with Gasteiger partial charge in [-0.25, -0.2) is 4.39 Å². The number of hydrazine groups is 1. The summed E-state index contributed by atoms with van der Waals surface area (Å²) in [5.74, 6) is 6.46. The molecule has 1 aliphatic rings. The van der Waals surface area contributed by atoms with E-state index in [9.17, 15) is 4.39 Å². The fraction of sp³-hybridized carbons (Fsp3) is 0.571. The van der Waals surface area contributed by atoms with Crippen molar-refractivity contribution in [1.82, 2.24) is 5.43 Å². The van der Waals surface area contributed by atoms with Gasteiger partial charge in [0.05, 0.1) is 0 Å². The average Bonchev–Trinajstić information content (AvgIpc) is 2.42. The molecule has 3 N–H and O–H groups in total. The van der Waals surface area contributed by atoms with E-state index in [0.29, 0.717) is 32.8 Å². The van der Waals surface area contributed by atoms with E-state index in [0.717, 1.165) is 5.75 Å². The summed E-state index contributed by atoms with van der Waals surface area (Å²) in [6.07, 6.45) is 0.515. The molecule has 0 spiro atoms. The van der Waals surface area contributed by atoms with Crippen LogP contribution in [0.1, 0.15) is 19.4 Å². The third-order valence-corrected chi connectivity index (χ3v) is 7.63. The first-order valence-electron chi connectivity index (χ1n) is 6.69. The minimum absolute atomic E-state index is 0.0249. The van der Waals surface area contributed by atoms with Crippen LogP contribution in [0.3, 0.4) is 0 Å². The van der Waals surface area contributed by atoms with Crippen molar-refractivity contribution in [2.45, 2.75) is 42.1 Å². The van der Waals surface area contributed by atoms with Gasteiger partial charge in [0.2, 0.25) is 0 Å². The van der Waals surface area contributed by atoms with Crippen molar-refractivity contribution < 1.29 is 4.39 Å². The Kier molecular flexibility index (Phi) is 6.05. The summed E-state index contributed by atoms with van der Waals surface area (Å²) in [4.78, 5) is 0. The van der Waals surface area contributed by atoms with Gasteiger partial charge in [0.1, 0.15) is 5.82 Å². The zero-order valence-electron chi connectivity index (χ0n) is 11.6. The Bertz CT molecular complexity index is 441. The summed E-state index contributed by atoms with van der Waals surface area (Å²) in [5.41, 5.74) is 3.40. The van der Waals surface area contributed by atoms with E-state index in [1.165, 1.54) is 6.07 Å². The number of thioether (sulfide) groups is 2. The Hall–Kier alpha value is 0.0600. The van der Waals surface area contributed by atoms with E-state index < -0.39 is 0 Å². The third kappa shape index (κ3) is 3.83. The van der Waals surface area contributed by atoms with Gasteiger partial charge in [0.15, 0.2) is 0 Å². The lowest BCUT2D eigenvalue weighted by Gasteiger charge is -2.35. The quantitative estimate of drug-likeness (QED) is 0.653. The van der Waals surface area contributed by atoms with Crippen LogP contribution in [-0.4, -0.2) is 27.5 Å². The molecule has 1 aliphatic heterocycles. The molecule has 1 saturated heterocycles. The van der Waals surface area contributed by atoms with E-state index in [2.05, 4.69) is 19.3 Å². The highest BCUT2D eigenvalue weighted by Crippen LogP contribution is 2.38. The first-order valence-corrected chi connectivity index (χ1v) is 9.06. The van der Waals surface area contributed by atoms with Crippen LogP contribution in [0.5, 0.6) is 0 Å². The fourth-order valence-corrected chi connectivity index (χ4v) is 5.62. The van der Waals surface area contributed by atoms with Gasteiger partial charge < -0.3 is 0 Å². The maximum Gasteiger partial charge on any atom is 0.127 e. The summed E-state index contributed by atoms with van der Waals surface area (Å²) in [6, 6.07) is 4.82. The SMILES string of the molecule is CC1SCC(C(Cc2c(F)cccc2Cl)NN)SC1C. The second-order valence-corrected chi connectivity index (χ2v) is 8.53. The lowest BCUT2D eigenvalue weighted by atomic mass is 10.0. The zero-order valence-corrected chi connectivity index (χ0v) is 14.0. The van der Waals surface area contributed by atoms with Crippen molar-refractivity contribution in [2.75, 3.05) is 5.75 Å². The molecule has 0 bridgehead atoms. The molecule has 1 aromatic carbocycles. The van der Waals surface area contributed by atoms with E-state index in [1.54, 1.807) is 12.1 Å². The number of halogens is 2. The number of benzene rings is 1. The largest absolute Gasteiger partial charge is 0.271 e. The highest BCUT2D eigenvalue weighted by molar-refractivity contribution is 8.07. The van der Waals surface area contributed by atoms with E-state index in [-0.39, 0.29) is 11.9 Å². The average molecular weight is 335 g/mol. The normalized spacial score (nSPS) is 28.4. The summed E-state index contributed by atoms with van der Waals surface area (Å²) in [5, 5.41) is 2.06. The maximum absolute atomic E-state index is 13.9. The van der Waals surface area contributed by atoms with Crippen molar-refractivity contribution in [3.8, 4) is 0 Å². The summed E-state index contributed by atoms with van der Waals surface area (Å²) >= 11 is 9.98. The van der Waals surface area contributed by atoms with Crippen LogP contribution < -0.4 is 11.3 Å². The lowest BCUT2D eigenvalue weighted by Crippen LogP contribution is -2.47. The third-order valence-electron chi connectivity index (χ3n) is 3.72. The molecule has 1 aromatic rings. The highest BCUT2D eigenvalue weighted by atomic mass is 35.5. The van der Waals surface area contributed by atoms with Gasteiger partial charge in [-0.05, 0) is 18.6 Å². The van der Waals surface area contributed by atoms with Crippen LogP contribution >= 0.6 is 35.1 Å². The van der Waals surface area contributed by atoms with Gasteiger partial charge in [-0.2, -0.15) is 23.5 Å². The Balaban J connectivity index is 2.09. The molecule has 112 valence electrons.